The van der Waals surface area contributed by atoms with Crippen molar-refractivity contribution in [1.82, 2.24) is 19.7 Å². The number of aromatic nitrogens is 4. The monoisotopic (exact) mass is 351 g/mol. The van der Waals surface area contributed by atoms with Gasteiger partial charge >= 0.3 is 0 Å². The van der Waals surface area contributed by atoms with Crippen molar-refractivity contribution >= 4 is 43.6 Å². The average molecular weight is 351 g/mol. The van der Waals surface area contributed by atoms with Gasteiger partial charge in [0.1, 0.15) is 0 Å². The quantitative estimate of drug-likeness (QED) is 0.566. The number of amides is 1. The molecule has 3 heterocycles. The molecule has 1 aromatic carbocycles. The Kier molecular flexibility index (Phi) is 3.73. The molecule has 1 amide bonds. The van der Waals surface area contributed by atoms with Crippen molar-refractivity contribution in [3.63, 3.8) is 0 Å². The summed E-state index contributed by atoms with van der Waals surface area (Å²) in [7, 11) is 1.85. The van der Waals surface area contributed by atoms with Crippen LogP contribution in [-0.4, -0.2) is 32.2 Å². The Morgan fingerprint density at radius 1 is 1.32 bits per heavy atom. The van der Waals surface area contributed by atoms with E-state index >= 15 is 0 Å². The Hall–Kier alpha value is -2.80. The molecule has 0 aliphatic rings. The molecule has 7 heteroatoms. The van der Waals surface area contributed by atoms with E-state index in [9.17, 15) is 4.79 Å². The summed E-state index contributed by atoms with van der Waals surface area (Å²) < 4.78 is 2.80. The molecule has 3 aromatic heterocycles. The largest absolute Gasteiger partial charge is 0.284 e. The number of para-hydroxylation sites is 1. The van der Waals surface area contributed by atoms with Gasteiger partial charge in [-0.05, 0) is 32.0 Å². The van der Waals surface area contributed by atoms with Crippen molar-refractivity contribution < 1.29 is 4.79 Å². The second-order valence-electron chi connectivity index (χ2n) is 5.82. The summed E-state index contributed by atoms with van der Waals surface area (Å²) in [4.78, 5) is 23.7. The van der Waals surface area contributed by atoms with Gasteiger partial charge in [-0.15, -0.1) is 0 Å². The van der Waals surface area contributed by atoms with E-state index in [0.717, 1.165) is 26.9 Å². The highest BCUT2D eigenvalue weighted by Gasteiger charge is 2.21. The number of hydrogen-bond donors (Lipinski definition) is 0. The molecule has 25 heavy (non-hydrogen) atoms. The van der Waals surface area contributed by atoms with Crippen molar-refractivity contribution in [1.29, 1.82) is 0 Å². The maximum atomic E-state index is 13.0. The Labute approximate surface area is 148 Å². The fourth-order valence-corrected chi connectivity index (χ4v) is 3.95. The highest BCUT2D eigenvalue weighted by molar-refractivity contribution is 7.22. The molecular formula is C18H17N5OS. The molecule has 0 unspecified atom stereocenters. The first kappa shape index (κ1) is 15.7. The topological polar surface area (TPSA) is 63.9 Å². The highest BCUT2D eigenvalue weighted by atomic mass is 32.1. The molecule has 126 valence electrons. The average Bonchev–Trinajstić information content (AvgIpc) is 3.16. The summed E-state index contributed by atoms with van der Waals surface area (Å²) in [6.07, 6.45) is 1.61. The summed E-state index contributed by atoms with van der Waals surface area (Å²) in [5.41, 5.74) is 3.09. The van der Waals surface area contributed by atoms with Crippen LogP contribution >= 0.6 is 11.3 Å². The predicted molar refractivity (Wildman–Crippen MR) is 100 cm³/mol. The molecule has 0 aliphatic carbocycles. The van der Waals surface area contributed by atoms with E-state index in [1.807, 2.05) is 51.2 Å². The lowest BCUT2D eigenvalue weighted by atomic mass is 10.2. The van der Waals surface area contributed by atoms with E-state index in [0.29, 0.717) is 17.2 Å². The van der Waals surface area contributed by atoms with Gasteiger partial charge in [-0.2, -0.15) is 5.10 Å². The zero-order valence-corrected chi connectivity index (χ0v) is 15.0. The first-order valence-corrected chi connectivity index (χ1v) is 8.87. The summed E-state index contributed by atoms with van der Waals surface area (Å²) >= 11 is 1.52. The lowest BCUT2D eigenvalue weighted by Crippen LogP contribution is -2.30. The first-order chi connectivity index (χ1) is 12.1. The molecule has 0 radical (unpaired) electrons. The third-order valence-electron chi connectivity index (χ3n) is 4.18. The van der Waals surface area contributed by atoms with Crippen LogP contribution in [0, 0.1) is 6.92 Å². The summed E-state index contributed by atoms with van der Waals surface area (Å²) in [6, 6.07) is 9.77. The lowest BCUT2D eigenvalue weighted by molar-refractivity contribution is 0.0988. The number of hydrogen-bond acceptors (Lipinski definition) is 5. The predicted octanol–water partition coefficient (Wildman–Crippen LogP) is 3.55. The van der Waals surface area contributed by atoms with Gasteiger partial charge in [0, 0.05) is 25.2 Å². The molecule has 0 saturated heterocycles. The highest BCUT2D eigenvalue weighted by Crippen LogP contribution is 2.29. The number of benzene rings is 1. The van der Waals surface area contributed by atoms with E-state index < -0.39 is 0 Å². The van der Waals surface area contributed by atoms with Gasteiger partial charge in [0.25, 0.3) is 5.91 Å². The summed E-state index contributed by atoms with van der Waals surface area (Å²) in [5, 5.41) is 5.96. The lowest BCUT2D eigenvalue weighted by Gasteiger charge is -2.17. The van der Waals surface area contributed by atoms with Crippen LogP contribution in [0.3, 0.4) is 0 Å². The Morgan fingerprint density at radius 3 is 2.88 bits per heavy atom. The van der Waals surface area contributed by atoms with Crippen LogP contribution < -0.4 is 4.90 Å². The number of nitrogens with zero attached hydrogens (tertiary/aromatic N) is 5. The van der Waals surface area contributed by atoms with Crippen LogP contribution in [-0.2, 0) is 7.05 Å². The number of carbonyl (C=O) groups is 1. The van der Waals surface area contributed by atoms with Crippen molar-refractivity contribution in [2.75, 3.05) is 11.4 Å². The van der Waals surface area contributed by atoms with Crippen molar-refractivity contribution in [2.24, 2.45) is 7.05 Å². The fourth-order valence-electron chi connectivity index (χ4n) is 2.92. The van der Waals surface area contributed by atoms with Crippen molar-refractivity contribution in [2.45, 2.75) is 13.8 Å². The van der Waals surface area contributed by atoms with E-state index in [2.05, 4.69) is 15.1 Å². The number of pyridine rings is 1. The molecule has 0 N–H and O–H groups in total. The molecule has 0 saturated carbocycles. The van der Waals surface area contributed by atoms with E-state index in [4.69, 9.17) is 0 Å². The van der Waals surface area contributed by atoms with Crippen LogP contribution in [0.1, 0.15) is 23.0 Å². The van der Waals surface area contributed by atoms with Gasteiger partial charge in [0.2, 0.25) is 0 Å². The van der Waals surface area contributed by atoms with E-state index in [-0.39, 0.29) is 5.91 Å². The van der Waals surface area contributed by atoms with E-state index in [1.165, 1.54) is 11.3 Å². The van der Waals surface area contributed by atoms with Crippen LogP contribution in [0.25, 0.3) is 21.3 Å². The zero-order chi connectivity index (χ0) is 17.6. The van der Waals surface area contributed by atoms with Gasteiger partial charge in [-0.3, -0.25) is 14.4 Å². The number of thiazole rings is 1. The van der Waals surface area contributed by atoms with Crippen LogP contribution in [0.2, 0.25) is 0 Å². The second kappa shape index (κ2) is 5.93. The van der Waals surface area contributed by atoms with Gasteiger partial charge in [0.05, 0.1) is 21.5 Å². The molecule has 0 fully saturated rings. The normalized spacial score (nSPS) is 11.3. The standard InChI is InChI=1S/C18H17N5OS/c1-4-23(18-20-14-7-5-6-8-15(14)25-18)17(24)12-9-13-11(2)21-22(3)16(13)19-10-12/h5-10H,4H2,1-3H3. The molecule has 6 nitrogen and oxygen atoms in total. The minimum atomic E-state index is -0.0980. The Balaban J connectivity index is 1.76. The molecule has 4 aromatic rings. The Bertz CT molecular complexity index is 1060. The van der Waals surface area contributed by atoms with Crippen molar-refractivity contribution in [3.05, 3.63) is 47.8 Å². The maximum Gasteiger partial charge on any atom is 0.261 e. The molecule has 4 rings (SSSR count). The second-order valence-corrected chi connectivity index (χ2v) is 6.83. The first-order valence-electron chi connectivity index (χ1n) is 8.05. The van der Waals surface area contributed by atoms with Crippen LogP contribution in [0.15, 0.2) is 36.5 Å². The van der Waals surface area contributed by atoms with Gasteiger partial charge < -0.3 is 0 Å². The molecular weight excluding hydrogens is 334 g/mol. The third kappa shape index (κ3) is 2.56. The Morgan fingerprint density at radius 2 is 2.12 bits per heavy atom. The molecule has 0 spiro atoms. The number of carbonyl (C=O) groups excluding carboxylic acids is 1. The number of aryl methyl sites for hydroxylation is 2. The third-order valence-corrected chi connectivity index (χ3v) is 5.24. The number of anilines is 1. The molecule has 0 atom stereocenters. The van der Waals surface area contributed by atoms with Gasteiger partial charge in [-0.25, -0.2) is 9.97 Å². The minimum absolute atomic E-state index is 0.0980. The summed E-state index contributed by atoms with van der Waals surface area (Å²) in [5.74, 6) is -0.0980. The van der Waals surface area contributed by atoms with Crippen molar-refractivity contribution in [3.8, 4) is 0 Å². The molecule has 0 bridgehead atoms. The smallest absolute Gasteiger partial charge is 0.261 e. The SMILES string of the molecule is CCN(C(=O)c1cnc2c(c1)c(C)nn2C)c1nc2ccccc2s1. The fraction of sp³-hybridized carbons (Fsp3) is 0.222. The number of rotatable bonds is 3. The summed E-state index contributed by atoms with van der Waals surface area (Å²) in [6.45, 7) is 4.41. The van der Waals surface area contributed by atoms with Gasteiger partial charge in [0.15, 0.2) is 10.8 Å². The van der Waals surface area contributed by atoms with Gasteiger partial charge in [-0.1, -0.05) is 23.5 Å². The van der Waals surface area contributed by atoms with E-state index in [1.54, 1.807) is 15.8 Å². The van der Waals surface area contributed by atoms with Crippen LogP contribution in [0.4, 0.5) is 5.13 Å². The minimum Gasteiger partial charge on any atom is -0.284 e. The maximum absolute atomic E-state index is 13.0. The molecule has 0 aliphatic heterocycles. The van der Waals surface area contributed by atoms with Crippen LogP contribution in [0.5, 0.6) is 0 Å². The zero-order valence-electron chi connectivity index (χ0n) is 14.2. The number of fused-ring (bicyclic) bond motifs is 2.